The van der Waals surface area contributed by atoms with E-state index in [2.05, 4.69) is 15.6 Å². The summed E-state index contributed by atoms with van der Waals surface area (Å²) in [7, 11) is 1.55. The Morgan fingerprint density at radius 3 is 2.79 bits per heavy atom. The second-order valence-corrected chi connectivity index (χ2v) is 4.99. The summed E-state index contributed by atoms with van der Waals surface area (Å²) in [5, 5.41) is 6.36. The van der Waals surface area contributed by atoms with Crippen molar-refractivity contribution >= 4 is 29.9 Å². The van der Waals surface area contributed by atoms with Crippen LogP contribution in [0.15, 0.2) is 46.0 Å². The van der Waals surface area contributed by atoms with E-state index < -0.39 is 0 Å². The maximum atomic E-state index is 13.6. The third-order valence-corrected chi connectivity index (χ3v) is 3.18. The monoisotopic (exact) mass is 447 g/mol. The minimum atomic E-state index is -0.262. The molecule has 2 N–H and O–H groups in total. The Balaban J connectivity index is 0.00000288. The third kappa shape index (κ3) is 6.48. The lowest BCUT2D eigenvalue weighted by Crippen LogP contribution is -2.36. The fourth-order valence-electron chi connectivity index (χ4n) is 2.09. The Kier molecular flexibility index (Phi) is 9.39. The van der Waals surface area contributed by atoms with Gasteiger partial charge in [0.05, 0.1) is 26.0 Å². The van der Waals surface area contributed by atoms with Crippen LogP contribution in [-0.2, 0) is 24.4 Å². The molecule has 0 saturated heterocycles. The highest BCUT2D eigenvalue weighted by molar-refractivity contribution is 14.0. The highest BCUT2D eigenvalue weighted by Gasteiger charge is 2.04. The van der Waals surface area contributed by atoms with Crippen LogP contribution in [0.5, 0.6) is 0 Å². The lowest BCUT2D eigenvalue weighted by Gasteiger charge is -2.10. The molecule has 0 spiro atoms. The summed E-state index contributed by atoms with van der Waals surface area (Å²) in [4.78, 5) is 4.50. The van der Waals surface area contributed by atoms with E-state index >= 15 is 0 Å². The molecule has 2 aromatic rings. The molecule has 0 unspecified atom stereocenters. The second kappa shape index (κ2) is 11.0. The fraction of sp³-hybridized carbons (Fsp3) is 0.353. The first kappa shape index (κ1) is 20.4. The summed E-state index contributed by atoms with van der Waals surface area (Å²) in [6, 6.07) is 8.69. The molecule has 7 heteroatoms. The van der Waals surface area contributed by atoms with Crippen LogP contribution in [0.4, 0.5) is 4.39 Å². The van der Waals surface area contributed by atoms with Crippen LogP contribution < -0.4 is 10.6 Å². The van der Waals surface area contributed by atoms with Gasteiger partial charge in [-0.2, -0.15) is 0 Å². The van der Waals surface area contributed by atoms with Crippen molar-refractivity contribution in [1.82, 2.24) is 10.6 Å². The molecular formula is C17H23FIN3O2. The van der Waals surface area contributed by atoms with Gasteiger partial charge in [-0.3, -0.25) is 0 Å². The molecule has 0 radical (unpaired) electrons. The zero-order valence-corrected chi connectivity index (χ0v) is 16.2. The van der Waals surface area contributed by atoms with Crippen molar-refractivity contribution in [2.45, 2.75) is 26.6 Å². The number of furan rings is 1. The lowest BCUT2D eigenvalue weighted by atomic mass is 10.1. The molecule has 0 amide bonds. The lowest BCUT2D eigenvalue weighted by molar-refractivity contribution is 0.181. The average Bonchev–Trinajstić information content (AvgIpc) is 3.06. The van der Waals surface area contributed by atoms with Crippen LogP contribution in [0.3, 0.4) is 0 Å². The van der Waals surface area contributed by atoms with E-state index in [1.54, 1.807) is 25.5 Å². The van der Waals surface area contributed by atoms with E-state index in [4.69, 9.17) is 9.15 Å². The maximum Gasteiger partial charge on any atom is 0.191 e. The van der Waals surface area contributed by atoms with E-state index in [1.807, 2.05) is 19.1 Å². The molecule has 0 bridgehead atoms. The number of rotatable bonds is 7. The Hall–Kier alpha value is -1.61. The highest BCUT2D eigenvalue weighted by atomic mass is 127. The molecule has 0 atom stereocenters. The summed E-state index contributed by atoms with van der Waals surface area (Å²) in [6.07, 6.45) is 1.64. The van der Waals surface area contributed by atoms with Gasteiger partial charge in [0.2, 0.25) is 0 Å². The number of aliphatic imine (C=N–C) groups is 1. The summed E-state index contributed by atoms with van der Waals surface area (Å²) in [6.45, 7) is 4.00. The molecule has 0 aliphatic carbocycles. The maximum absolute atomic E-state index is 13.6. The van der Waals surface area contributed by atoms with Crippen LogP contribution in [0.1, 0.15) is 23.8 Å². The molecule has 132 valence electrons. The van der Waals surface area contributed by atoms with E-state index in [9.17, 15) is 4.39 Å². The van der Waals surface area contributed by atoms with Gasteiger partial charge in [0.15, 0.2) is 5.96 Å². The molecule has 0 fully saturated rings. The quantitative estimate of drug-likeness (QED) is 0.388. The molecule has 0 saturated carbocycles. The Morgan fingerprint density at radius 1 is 1.29 bits per heavy atom. The molecule has 1 aromatic carbocycles. The number of hydrogen-bond donors (Lipinski definition) is 2. The van der Waals surface area contributed by atoms with Gasteiger partial charge >= 0.3 is 0 Å². The predicted molar refractivity (Wildman–Crippen MR) is 103 cm³/mol. The van der Waals surface area contributed by atoms with E-state index in [0.717, 1.165) is 17.9 Å². The molecule has 1 aromatic heterocycles. The van der Waals surface area contributed by atoms with Crippen molar-refractivity contribution in [1.29, 1.82) is 0 Å². The second-order valence-electron chi connectivity index (χ2n) is 4.99. The van der Waals surface area contributed by atoms with Crippen LogP contribution in [0, 0.1) is 5.82 Å². The van der Waals surface area contributed by atoms with E-state index in [-0.39, 0.29) is 36.4 Å². The van der Waals surface area contributed by atoms with Gasteiger partial charge in [0.25, 0.3) is 0 Å². The summed E-state index contributed by atoms with van der Waals surface area (Å²) < 4.78 is 23.9. The first-order chi connectivity index (χ1) is 11.2. The highest BCUT2D eigenvalue weighted by Crippen LogP contribution is 2.12. The van der Waals surface area contributed by atoms with Gasteiger partial charge in [-0.25, -0.2) is 9.38 Å². The number of benzene rings is 1. The number of ether oxygens (including phenoxy) is 1. The molecule has 1 heterocycles. The summed E-state index contributed by atoms with van der Waals surface area (Å²) in [5.74, 6) is 1.25. The fourth-order valence-corrected chi connectivity index (χ4v) is 2.09. The zero-order valence-electron chi connectivity index (χ0n) is 13.8. The molecule has 0 aliphatic rings. The van der Waals surface area contributed by atoms with Gasteiger partial charge in [0, 0.05) is 19.2 Å². The van der Waals surface area contributed by atoms with Crippen molar-refractivity contribution in [3.8, 4) is 0 Å². The minimum Gasteiger partial charge on any atom is -0.467 e. The van der Waals surface area contributed by atoms with Crippen molar-refractivity contribution in [3.05, 3.63) is 59.3 Å². The van der Waals surface area contributed by atoms with E-state index in [1.165, 1.54) is 6.07 Å². The Bertz CT molecular complexity index is 633. The average molecular weight is 447 g/mol. The zero-order chi connectivity index (χ0) is 16.5. The number of nitrogens with one attached hydrogen (secondary N) is 2. The van der Waals surface area contributed by atoms with E-state index in [0.29, 0.717) is 24.6 Å². The Labute approximate surface area is 158 Å². The Morgan fingerprint density at radius 2 is 2.12 bits per heavy atom. The van der Waals surface area contributed by atoms with Crippen molar-refractivity contribution < 1.29 is 13.5 Å². The number of halogens is 2. The SMILES string of the molecule is CCNC(=NCc1ccc(F)c(COC)c1)NCc1ccco1.I. The number of hydrogen-bond acceptors (Lipinski definition) is 3. The molecular weight excluding hydrogens is 424 g/mol. The van der Waals surface area contributed by atoms with Gasteiger partial charge in [0.1, 0.15) is 11.6 Å². The summed E-state index contributed by atoms with van der Waals surface area (Å²) in [5.41, 5.74) is 1.46. The first-order valence-corrected chi connectivity index (χ1v) is 7.53. The topological polar surface area (TPSA) is 58.8 Å². The molecule has 5 nitrogen and oxygen atoms in total. The van der Waals surface area contributed by atoms with Gasteiger partial charge in [-0.05, 0) is 36.8 Å². The van der Waals surface area contributed by atoms with Crippen LogP contribution in [0.25, 0.3) is 0 Å². The van der Waals surface area contributed by atoms with Crippen LogP contribution in [0.2, 0.25) is 0 Å². The van der Waals surface area contributed by atoms with Gasteiger partial charge < -0.3 is 19.8 Å². The first-order valence-electron chi connectivity index (χ1n) is 7.53. The van der Waals surface area contributed by atoms with Crippen LogP contribution >= 0.6 is 24.0 Å². The third-order valence-electron chi connectivity index (χ3n) is 3.18. The van der Waals surface area contributed by atoms with Crippen molar-refractivity contribution in [2.75, 3.05) is 13.7 Å². The smallest absolute Gasteiger partial charge is 0.191 e. The number of nitrogens with zero attached hydrogens (tertiary/aromatic N) is 1. The van der Waals surface area contributed by atoms with Gasteiger partial charge in [-0.1, -0.05) is 6.07 Å². The van der Waals surface area contributed by atoms with Crippen molar-refractivity contribution in [2.24, 2.45) is 4.99 Å². The standard InChI is InChI=1S/C17H22FN3O2.HI/c1-3-19-17(21-11-15-5-4-8-23-15)20-10-13-6-7-16(18)14(9-13)12-22-2;/h4-9H,3,10-12H2,1-2H3,(H2,19,20,21);1H. The molecule has 2 rings (SSSR count). The normalized spacial score (nSPS) is 11.0. The molecule has 24 heavy (non-hydrogen) atoms. The number of methoxy groups -OCH3 is 1. The van der Waals surface area contributed by atoms with Crippen molar-refractivity contribution in [3.63, 3.8) is 0 Å². The van der Waals surface area contributed by atoms with Crippen LogP contribution in [-0.4, -0.2) is 19.6 Å². The molecule has 0 aliphatic heterocycles. The largest absolute Gasteiger partial charge is 0.467 e. The summed E-state index contributed by atoms with van der Waals surface area (Å²) >= 11 is 0. The number of guanidine groups is 1. The predicted octanol–water partition coefficient (Wildman–Crippen LogP) is 3.44. The van der Waals surface area contributed by atoms with Gasteiger partial charge in [-0.15, -0.1) is 24.0 Å². The minimum absolute atomic E-state index is 0.